The number of benzene rings is 3. The van der Waals surface area contributed by atoms with Crippen LogP contribution < -0.4 is 19.2 Å². The van der Waals surface area contributed by atoms with Crippen molar-refractivity contribution in [1.29, 1.82) is 0 Å². The largest absolute Gasteiger partial charge is 0.482 e. The Bertz CT molecular complexity index is 1130. The molecule has 0 aliphatic carbocycles. The van der Waals surface area contributed by atoms with E-state index in [1.54, 1.807) is 54.6 Å². The Balaban J connectivity index is 1.69. The van der Waals surface area contributed by atoms with Gasteiger partial charge in [0.15, 0.2) is 13.2 Å². The Morgan fingerprint density at radius 1 is 0.639 bits per heavy atom. The van der Waals surface area contributed by atoms with Gasteiger partial charge >= 0.3 is 11.9 Å². The van der Waals surface area contributed by atoms with Gasteiger partial charge in [-0.3, -0.25) is 9.78 Å². The van der Waals surface area contributed by atoms with Gasteiger partial charge < -0.3 is 9.47 Å². The molecule has 0 aliphatic rings. The summed E-state index contributed by atoms with van der Waals surface area (Å²) in [5.41, 5.74) is 1.73. The van der Waals surface area contributed by atoms with Crippen molar-refractivity contribution in [3.8, 4) is 23.0 Å². The van der Waals surface area contributed by atoms with Crippen molar-refractivity contribution in [2.45, 2.75) is 39.5 Å². The second-order valence-electron chi connectivity index (χ2n) is 8.49. The zero-order valence-corrected chi connectivity index (χ0v) is 20.8. The van der Waals surface area contributed by atoms with Gasteiger partial charge in [-0.05, 0) is 47.7 Å². The first-order valence-corrected chi connectivity index (χ1v) is 11.6. The van der Waals surface area contributed by atoms with Crippen LogP contribution in [0.1, 0.15) is 50.7 Å². The second kappa shape index (κ2) is 13.0. The van der Waals surface area contributed by atoms with Crippen LogP contribution in [0, 0.1) is 0 Å². The highest BCUT2D eigenvalue weighted by Gasteiger charge is 2.24. The summed E-state index contributed by atoms with van der Waals surface area (Å²) in [6, 6.07) is 21.2. The maximum absolute atomic E-state index is 12.3. The summed E-state index contributed by atoms with van der Waals surface area (Å²) in [6.07, 6.45) is 0. The number of hydrogen-bond acceptors (Lipinski definition) is 8. The fraction of sp³-hybridized carbons (Fsp3) is 0.286. The van der Waals surface area contributed by atoms with Crippen molar-refractivity contribution in [3.63, 3.8) is 0 Å². The zero-order valence-electron chi connectivity index (χ0n) is 20.8. The van der Waals surface area contributed by atoms with Crippen LogP contribution in [0.25, 0.3) is 0 Å². The van der Waals surface area contributed by atoms with Crippen molar-refractivity contribution < 1.29 is 38.6 Å². The Morgan fingerprint density at radius 2 is 1.14 bits per heavy atom. The molecule has 0 amide bonds. The maximum Gasteiger partial charge on any atom is 0.392 e. The highest BCUT2D eigenvalue weighted by molar-refractivity contribution is 5.71. The SMILES string of the molecule is CC(C)c1ccc(OOC(=O)COc2ccccc2)c(OOC(=O)COc2ccccc2)c1C(C)C. The summed E-state index contributed by atoms with van der Waals surface area (Å²) in [5.74, 6) is -0.108. The van der Waals surface area contributed by atoms with E-state index in [-0.39, 0.29) is 36.5 Å². The second-order valence-corrected chi connectivity index (χ2v) is 8.49. The van der Waals surface area contributed by atoms with E-state index < -0.39 is 11.9 Å². The monoisotopic (exact) mass is 494 g/mol. The standard InChI is InChI=1S/C28H30O8/c1-19(2)23-15-16-24(33-34-25(29)17-31-21-11-7-5-8-12-21)28(27(23)20(3)4)36-35-26(30)18-32-22-13-9-6-10-14-22/h5-16,19-20H,17-18H2,1-4H3. The van der Waals surface area contributed by atoms with E-state index >= 15 is 0 Å². The third-order valence-electron chi connectivity index (χ3n) is 5.04. The molecule has 0 N–H and O–H groups in total. The molecule has 3 aromatic rings. The van der Waals surface area contributed by atoms with Crippen molar-refractivity contribution in [2.24, 2.45) is 0 Å². The molecule has 8 nitrogen and oxygen atoms in total. The smallest absolute Gasteiger partial charge is 0.392 e. The molecule has 0 aromatic heterocycles. The van der Waals surface area contributed by atoms with Crippen LogP contribution in [0.15, 0.2) is 72.8 Å². The first-order valence-electron chi connectivity index (χ1n) is 11.6. The summed E-state index contributed by atoms with van der Waals surface area (Å²) < 4.78 is 10.8. The minimum atomic E-state index is -0.753. The number of hydrogen-bond donors (Lipinski definition) is 0. The van der Waals surface area contributed by atoms with Crippen LogP contribution in [0.3, 0.4) is 0 Å². The molecular formula is C28H30O8. The van der Waals surface area contributed by atoms with Crippen molar-refractivity contribution in [2.75, 3.05) is 13.2 Å². The number of rotatable bonds is 12. The van der Waals surface area contributed by atoms with Crippen LogP contribution >= 0.6 is 0 Å². The molecular weight excluding hydrogens is 464 g/mol. The Hall–Kier alpha value is -4.20. The topological polar surface area (TPSA) is 89.5 Å². The quantitative estimate of drug-likeness (QED) is 0.232. The molecule has 0 spiro atoms. The molecule has 0 saturated carbocycles. The lowest BCUT2D eigenvalue weighted by atomic mass is 9.89. The molecule has 0 fully saturated rings. The summed E-state index contributed by atoms with van der Waals surface area (Å²) in [7, 11) is 0. The van der Waals surface area contributed by atoms with E-state index in [9.17, 15) is 9.59 Å². The van der Waals surface area contributed by atoms with E-state index in [4.69, 9.17) is 29.0 Å². The first-order chi connectivity index (χ1) is 17.3. The van der Waals surface area contributed by atoms with E-state index in [2.05, 4.69) is 0 Å². The van der Waals surface area contributed by atoms with Gasteiger partial charge in [-0.1, -0.05) is 70.2 Å². The van der Waals surface area contributed by atoms with Crippen molar-refractivity contribution >= 4 is 11.9 Å². The summed E-state index contributed by atoms with van der Waals surface area (Å²) >= 11 is 0. The highest BCUT2D eigenvalue weighted by atomic mass is 17.2. The summed E-state index contributed by atoms with van der Waals surface area (Å²) in [4.78, 5) is 45.1. The first kappa shape index (κ1) is 26.4. The highest BCUT2D eigenvalue weighted by Crippen LogP contribution is 2.41. The molecule has 0 bridgehead atoms. The van der Waals surface area contributed by atoms with Crippen LogP contribution in [0.4, 0.5) is 0 Å². The number of carbonyl (C=O) groups excluding carboxylic acids is 2. The summed E-state index contributed by atoms with van der Waals surface area (Å²) in [6.45, 7) is 7.30. The van der Waals surface area contributed by atoms with Crippen LogP contribution in [0.5, 0.6) is 23.0 Å². The lowest BCUT2D eigenvalue weighted by Gasteiger charge is -2.21. The third kappa shape index (κ3) is 7.66. The lowest BCUT2D eigenvalue weighted by Crippen LogP contribution is -2.19. The predicted molar refractivity (Wildman–Crippen MR) is 132 cm³/mol. The lowest BCUT2D eigenvalue weighted by molar-refractivity contribution is -0.228. The fourth-order valence-corrected chi connectivity index (χ4v) is 3.39. The number of carbonyl (C=O) groups is 2. The normalized spacial score (nSPS) is 10.6. The summed E-state index contributed by atoms with van der Waals surface area (Å²) in [5, 5.41) is 0. The third-order valence-corrected chi connectivity index (χ3v) is 5.04. The Morgan fingerprint density at radius 3 is 1.61 bits per heavy atom. The predicted octanol–water partition coefficient (Wildman–Crippen LogP) is 5.77. The zero-order chi connectivity index (χ0) is 25.9. The molecule has 190 valence electrons. The average Bonchev–Trinajstić information content (AvgIpc) is 2.89. The molecule has 3 aromatic carbocycles. The fourth-order valence-electron chi connectivity index (χ4n) is 3.39. The van der Waals surface area contributed by atoms with Gasteiger partial charge in [0.25, 0.3) is 0 Å². The van der Waals surface area contributed by atoms with Gasteiger partial charge in [0.05, 0.1) is 0 Å². The molecule has 0 aliphatic heterocycles. The molecule has 0 radical (unpaired) electrons. The van der Waals surface area contributed by atoms with Crippen molar-refractivity contribution in [1.82, 2.24) is 0 Å². The van der Waals surface area contributed by atoms with Gasteiger partial charge in [-0.2, -0.15) is 0 Å². The van der Waals surface area contributed by atoms with E-state index in [1.807, 2.05) is 45.9 Å². The number of ether oxygens (including phenoxy) is 2. The molecule has 0 unspecified atom stereocenters. The van der Waals surface area contributed by atoms with E-state index in [1.165, 1.54) is 0 Å². The maximum atomic E-state index is 12.3. The Kier molecular flexibility index (Phi) is 9.56. The molecule has 0 heterocycles. The minimum Gasteiger partial charge on any atom is -0.482 e. The molecule has 8 heteroatoms. The van der Waals surface area contributed by atoms with Crippen LogP contribution in [-0.4, -0.2) is 25.2 Å². The van der Waals surface area contributed by atoms with E-state index in [0.29, 0.717) is 11.5 Å². The molecule has 0 saturated heterocycles. The number of para-hydroxylation sites is 2. The van der Waals surface area contributed by atoms with E-state index in [0.717, 1.165) is 11.1 Å². The Labute approximate surface area is 210 Å². The molecule has 0 atom stereocenters. The van der Waals surface area contributed by atoms with Gasteiger partial charge in [-0.15, -0.1) is 0 Å². The van der Waals surface area contributed by atoms with Gasteiger partial charge in [0.1, 0.15) is 11.5 Å². The van der Waals surface area contributed by atoms with Crippen LogP contribution in [-0.2, 0) is 19.4 Å². The minimum absolute atomic E-state index is 0.0164. The van der Waals surface area contributed by atoms with Gasteiger partial charge in [0.2, 0.25) is 11.5 Å². The average molecular weight is 495 g/mol. The molecule has 3 rings (SSSR count). The molecule has 36 heavy (non-hydrogen) atoms. The van der Waals surface area contributed by atoms with Crippen LogP contribution in [0.2, 0.25) is 0 Å². The van der Waals surface area contributed by atoms with Gasteiger partial charge in [0, 0.05) is 5.56 Å². The van der Waals surface area contributed by atoms with Gasteiger partial charge in [-0.25, -0.2) is 19.4 Å². The van der Waals surface area contributed by atoms with Crippen molar-refractivity contribution in [3.05, 3.63) is 83.9 Å².